The molecule has 0 unspecified atom stereocenters. The molecular formula is C35H51ClN4O7S. The average Bonchev–Trinajstić information content (AvgIpc) is 3.06. The van der Waals surface area contributed by atoms with Crippen LogP contribution in [0.15, 0.2) is 47.4 Å². The monoisotopic (exact) mass is 706 g/mol. The number of halogens is 1. The van der Waals surface area contributed by atoms with Crippen molar-refractivity contribution < 1.29 is 32.6 Å². The molecule has 2 aromatic rings. The van der Waals surface area contributed by atoms with Crippen LogP contribution < -0.4 is 15.4 Å². The van der Waals surface area contributed by atoms with E-state index in [2.05, 4.69) is 10.6 Å². The largest absolute Gasteiger partial charge is 0.490 e. The Balaban J connectivity index is 1.60. The van der Waals surface area contributed by atoms with Crippen molar-refractivity contribution in [3.63, 3.8) is 0 Å². The van der Waals surface area contributed by atoms with Gasteiger partial charge in [-0.1, -0.05) is 37.8 Å². The van der Waals surface area contributed by atoms with Gasteiger partial charge < -0.3 is 30.1 Å². The topological polar surface area (TPSA) is 138 Å². The maximum atomic E-state index is 14.4. The van der Waals surface area contributed by atoms with Gasteiger partial charge in [0.05, 0.1) is 35.3 Å². The highest BCUT2D eigenvalue weighted by Gasteiger charge is 2.32. The van der Waals surface area contributed by atoms with E-state index in [9.17, 15) is 23.1 Å². The van der Waals surface area contributed by atoms with E-state index in [1.165, 1.54) is 42.0 Å². The lowest BCUT2D eigenvalue weighted by atomic mass is 9.96. The fourth-order valence-electron chi connectivity index (χ4n) is 6.20. The minimum absolute atomic E-state index is 0.0575. The summed E-state index contributed by atoms with van der Waals surface area (Å²) in [5, 5.41) is 16.6. The van der Waals surface area contributed by atoms with E-state index >= 15 is 0 Å². The van der Waals surface area contributed by atoms with Gasteiger partial charge in [-0.05, 0) is 88.4 Å². The first-order valence-corrected chi connectivity index (χ1v) is 18.8. The van der Waals surface area contributed by atoms with E-state index in [1.54, 1.807) is 30.0 Å². The Kier molecular flexibility index (Phi) is 14.0. The molecule has 0 aromatic heterocycles. The van der Waals surface area contributed by atoms with Crippen LogP contribution in [0.4, 0.5) is 10.5 Å². The number of hydrogen-bond acceptors (Lipinski definition) is 7. The van der Waals surface area contributed by atoms with Crippen LogP contribution >= 0.6 is 11.6 Å². The molecule has 0 bridgehead atoms. The number of benzene rings is 2. The Morgan fingerprint density at radius 1 is 1.06 bits per heavy atom. The van der Waals surface area contributed by atoms with Crippen LogP contribution in [0.1, 0.15) is 82.5 Å². The average molecular weight is 707 g/mol. The Bertz CT molecular complexity index is 1470. The molecule has 2 aliphatic rings. The summed E-state index contributed by atoms with van der Waals surface area (Å²) in [4.78, 5) is 28.9. The highest BCUT2D eigenvalue weighted by atomic mass is 35.5. The number of carbonyl (C=O) groups is 2. The zero-order valence-corrected chi connectivity index (χ0v) is 30.1. The molecule has 0 radical (unpaired) electrons. The van der Waals surface area contributed by atoms with Crippen molar-refractivity contribution in [3.8, 4) is 5.75 Å². The molecule has 13 heteroatoms. The SMILES string of the molecule is C[C@@H]1CCCCO[C@H](CN(C)S(=O)(=O)c2ccc(Cl)cc2)[C@@H](C)CN([C@H](C)CO)C(=O)c2cc(NC(=O)NC3CCCCC3)ccc2O1. The summed E-state index contributed by atoms with van der Waals surface area (Å²) in [6.45, 7) is 5.97. The first-order valence-electron chi connectivity index (χ1n) is 17.0. The number of carbonyl (C=O) groups excluding carboxylic acids is 2. The number of likely N-dealkylation sites (N-methyl/N-ethyl adjacent to an activating group) is 1. The van der Waals surface area contributed by atoms with Gasteiger partial charge in [0.25, 0.3) is 5.91 Å². The minimum atomic E-state index is -3.84. The van der Waals surface area contributed by atoms with Crippen molar-refractivity contribution in [2.75, 3.05) is 38.7 Å². The summed E-state index contributed by atoms with van der Waals surface area (Å²) in [5.41, 5.74) is 0.717. The number of amides is 3. The number of aliphatic hydroxyl groups excluding tert-OH is 1. The zero-order valence-electron chi connectivity index (χ0n) is 28.5. The molecule has 1 heterocycles. The standard InChI is InChI=1S/C35H51ClN4O7S/c1-24-21-40(25(2)23-41)34(42)31-20-29(38-35(43)37-28-11-6-5-7-12-28)15-18-32(31)47-26(3)10-8-9-19-46-33(24)22-39(4)48(44,45)30-16-13-27(36)14-17-30/h13-18,20,24-26,28,33,41H,5-12,19,21-23H2,1-4H3,(H2,37,38,43)/t24-,25+,26+,33+/m0/s1. The number of ether oxygens (including phenoxy) is 2. The Morgan fingerprint density at radius 2 is 1.75 bits per heavy atom. The number of hydrogen-bond donors (Lipinski definition) is 3. The Labute approximate surface area is 290 Å². The van der Waals surface area contributed by atoms with Crippen molar-refractivity contribution in [1.29, 1.82) is 0 Å². The molecule has 11 nitrogen and oxygen atoms in total. The number of nitrogens with zero attached hydrogens (tertiary/aromatic N) is 2. The molecular weight excluding hydrogens is 656 g/mol. The van der Waals surface area contributed by atoms with Gasteiger partial charge in [0.2, 0.25) is 10.0 Å². The second-order valence-corrected chi connectivity index (χ2v) is 15.7. The second-order valence-electron chi connectivity index (χ2n) is 13.2. The van der Waals surface area contributed by atoms with Gasteiger partial charge >= 0.3 is 6.03 Å². The first-order chi connectivity index (χ1) is 22.9. The fourth-order valence-corrected chi connectivity index (χ4v) is 7.51. The summed E-state index contributed by atoms with van der Waals surface area (Å²) in [7, 11) is -2.33. The summed E-state index contributed by atoms with van der Waals surface area (Å²) in [5.74, 6) is -0.299. The highest BCUT2D eigenvalue weighted by Crippen LogP contribution is 2.29. The number of sulfonamides is 1. The van der Waals surface area contributed by atoms with Gasteiger partial charge in [0, 0.05) is 49.4 Å². The maximum absolute atomic E-state index is 14.4. The summed E-state index contributed by atoms with van der Waals surface area (Å²) < 4.78 is 40.7. The third-order valence-electron chi connectivity index (χ3n) is 9.21. The molecule has 2 aromatic carbocycles. The van der Waals surface area contributed by atoms with Gasteiger partial charge in [0.15, 0.2) is 0 Å². The number of urea groups is 1. The number of nitrogens with one attached hydrogen (secondary N) is 2. The molecule has 266 valence electrons. The lowest BCUT2D eigenvalue weighted by Gasteiger charge is -2.35. The zero-order chi connectivity index (χ0) is 34.8. The van der Waals surface area contributed by atoms with Gasteiger partial charge in [-0.15, -0.1) is 0 Å². The highest BCUT2D eigenvalue weighted by molar-refractivity contribution is 7.89. The minimum Gasteiger partial charge on any atom is -0.490 e. The molecule has 0 saturated heterocycles. The molecule has 3 amide bonds. The summed E-state index contributed by atoms with van der Waals surface area (Å²) in [6.07, 6.45) is 6.75. The van der Waals surface area contributed by atoms with Gasteiger partial charge in [-0.25, -0.2) is 13.2 Å². The molecule has 4 rings (SSSR count). The third-order valence-corrected chi connectivity index (χ3v) is 11.3. The maximum Gasteiger partial charge on any atom is 0.319 e. The van der Waals surface area contributed by atoms with E-state index in [0.29, 0.717) is 29.5 Å². The van der Waals surface area contributed by atoms with Crippen LogP contribution in [0.5, 0.6) is 5.75 Å². The van der Waals surface area contributed by atoms with E-state index in [4.69, 9.17) is 21.1 Å². The van der Waals surface area contributed by atoms with Crippen molar-refractivity contribution in [1.82, 2.24) is 14.5 Å². The molecule has 0 spiro atoms. The molecule has 1 saturated carbocycles. The molecule has 1 fully saturated rings. The lowest BCUT2D eigenvalue weighted by Crippen LogP contribution is -2.48. The predicted octanol–water partition coefficient (Wildman–Crippen LogP) is 5.91. The lowest BCUT2D eigenvalue weighted by molar-refractivity contribution is -0.00833. The third kappa shape index (κ3) is 10.3. The second kappa shape index (κ2) is 17.7. The van der Waals surface area contributed by atoms with Gasteiger partial charge in [-0.2, -0.15) is 4.31 Å². The molecule has 48 heavy (non-hydrogen) atoms. The van der Waals surface area contributed by atoms with Crippen molar-refractivity contribution in [3.05, 3.63) is 53.1 Å². The predicted molar refractivity (Wildman–Crippen MR) is 187 cm³/mol. The van der Waals surface area contributed by atoms with Crippen LogP contribution in [0, 0.1) is 5.92 Å². The smallest absolute Gasteiger partial charge is 0.319 e. The molecule has 1 aliphatic carbocycles. The quantitative estimate of drug-likeness (QED) is 0.310. The van der Waals surface area contributed by atoms with Crippen LogP contribution in [-0.2, 0) is 14.8 Å². The number of fused-ring (bicyclic) bond motifs is 1. The van der Waals surface area contributed by atoms with Crippen LogP contribution in [0.3, 0.4) is 0 Å². The van der Waals surface area contributed by atoms with Gasteiger partial charge in [-0.3, -0.25) is 4.79 Å². The summed E-state index contributed by atoms with van der Waals surface area (Å²) >= 11 is 5.99. The molecule has 4 atom stereocenters. The van der Waals surface area contributed by atoms with E-state index in [0.717, 1.165) is 38.5 Å². The summed E-state index contributed by atoms with van der Waals surface area (Å²) in [6, 6.07) is 10.3. The Morgan fingerprint density at radius 3 is 2.44 bits per heavy atom. The first kappa shape index (κ1) is 37.9. The van der Waals surface area contributed by atoms with E-state index < -0.39 is 22.2 Å². The van der Waals surface area contributed by atoms with E-state index in [1.807, 2.05) is 13.8 Å². The fraction of sp³-hybridized carbons (Fsp3) is 0.600. The Hall–Kier alpha value is -2.90. The van der Waals surface area contributed by atoms with Gasteiger partial charge in [0.1, 0.15) is 5.75 Å². The van der Waals surface area contributed by atoms with Crippen molar-refractivity contribution in [2.45, 2.75) is 101 Å². The number of aliphatic hydroxyl groups is 1. The van der Waals surface area contributed by atoms with Crippen molar-refractivity contribution >= 4 is 39.2 Å². The van der Waals surface area contributed by atoms with Crippen molar-refractivity contribution in [2.24, 2.45) is 5.92 Å². The molecule has 3 N–H and O–H groups in total. The number of anilines is 1. The van der Waals surface area contributed by atoms with Crippen LogP contribution in [-0.4, -0.2) is 92.3 Å². The number of rotatable bonds is 8. The van der Waals surface area contributed by atoms with Crippen LogP contribution in [0.2, 0.25) is 5.02 Å². The molecule has 1 aliphatic heterocycles. The normalized spacial score (nSPS) is 22.7. The van der Waals surface area contributed by atoms with Crippen LogP contribution in [0.25, 0.3) is 0 Å². The van der Waals surface area contributed by atoms with E-state index in [-0.39, 0.29) is 60.2 Å².